The molecule has 4 nitrogen and oxygen atoms in total. The van der Waals surface area contributed by atoms with Crippen molar-refractivity contribution in [1.29, 1.82) is 0 Å². The van der Waals surface area contributed by atoms with Crippen LogP contribution in [0.25, 0.3) is 16.0 Å². The molecular weight excluding hydrogens is 374 g/mol. The van der Waals surface area contributed by atoms with Crippen LogP contribution in [0.4, 0.5) is 23.2 Å². The maximum atomic E-state index is 13.8. The molecule has 2 rings (SSSR count). The molecule has 8 heteroatoms. The summed E-state index contributed by atoms with van der Waals surface area (Å²) in [5.74, 6) is -1.17. The Hall–Kier alpha value is -2.92. The highest BCUT2D eigenvalue weighted by atomic mass is 19.4. The lowest BCUT2D eigenvalue weighted by atomic mass is 9.96. The van der Waals surface area contributed by atoms with E-state index in [1.54, 1.807) is 7.05 Å². The molecule has 0 radical (unpaired) electrons. The average Bonchev–Trinajstić information content (AvgIpc) is 2.64. The summed E-state index contributed by atoms with van der Waals surface area (Å²) in [5, 5.41) is 0. The highest BCUT2D eigenvalue weighted by Crippen LogP contribution is 2.39. The van der Waals surface area contributed by atoms with Gasteiger partial charge in [0.25, 0.3) is 5.91 Å². The number of likely N-dealkylation sites (N-methyl/N-ethyl adjacent to an activating group) is 2. The monoisotopic (exact) mass is 393 g/mol. The van der Waals surface area contributed by atoms with Crippen molar-refractivity contribution in [1.82, 2.24) is 9.80 Å². The predicted octanol–water partition coefficient (Wildman–Crippen LogP) is 4.70. The lowest BCUT2D eigenvalue weighted by Gasteiger charge is -2.21. The highest BCUT2D eigenvalue weighted by Gasteiger charge is 2.34. The highest BCUT2D eigenvalue weighted by molar-refractivity contribution is 6.01. The molecule has 1 amide bonds. The zero-order valence-electron chi connectivity index (χ0n) is 15.6. The van der Waals surface area contributed by atoms with Crippen LogP contribution in [0.1, 0.15) is 15.9 Å². The second-order valence-electron chi connectivity index (χ2n) is 6.56. The van der Waals surface area contributed by atoms with Gasteiger partial charge in [-0.1, -0.05) is 24.3 Å². The number of nitrogens with zero attached hydrogens (tertiary/aromatic N) is 3. The molecule has 0 fully saturated rings. The molecule has 0 atom stereocenters. The Morgan fingerprint density at radius 3 is 2.32 bits per heavy atom. The van der Waals surface area contributed by atoms with Crippen LogP contribution in [0.3, 0.4) is 0 Å². The number of benzene rings is 2. The van der Waals surface area contributed by atoms with Crippen molar-refractivity contribution >= 4 is 11.6 Å². The van der Waals surface area contributed by atoms with Gasteiger partial charge in [-0.3, -0.25) is 4.79 Å². The second-order valence-corrected chi connectivity index (χ2v) is 6.56. The number of amides is 1. The minimum atomic E-state index is -4.72. The number of alkyl halides is 3. The Morgan fingerprint density at radius 2 is 1.75 bits per heavy atom. The lowest BCUT2D eigenvalue weighted by molar-refractivity contribution is -0.136. The van der Waals surface area contributed by atoms with Gasteiger partial charge in [0.15, 0.2) is 5.69 Å². The minimum Gasteiger partial charge on any atom is -0.340 e. The summed E-state index contributed by atoms with van der Waals surface area (Å²) in [7, 11) is 5.22. The lowest BCUT2D eigenvalue weighted by Crippen LogP contribution is -2.33. The van der Waals surface area contributed by atoms with Gasteiger partial charge >= 0.3 is 6.18 Å². The molecule has 0 spiro atoms. The smallest absolute Gasteiger partial charge is 0.340 e. The molecule has 148 valence electrons. The maximum absolute atomic E-state index is 13.8. The van der Waals surface area contributed by atoms with Crippen LogP contribution >= 0.6 is 0 Å². The van der Waals surface area contributed by atoms with E-state index in [1.165, 1.54) is 17.0 Å². The molecule has 0 aliphatic heterocycles. The van der Waals surface area contributed by atoms with Crippen molar-refractivity contribution in [3.8, 4) is 11.1 Å². The van der Waals surface area contributed by atoms with E-state index < -0.39 is 29.2 Å². The molecule has 0 unspecified atom stereocenters. The van der Waals surface area contributed by atoms with Gasteiger partial charge in [0, 0.05) is 20.1 Å². The zero-order chi connectivity index (χ0) is 21.1. The van der Waals surface area contributed by atoms with Gasteiger partial charge in [-0.15, -0.1) is 0 Å². The summed E-state index contributed by atoms with van der Waals surface area (Å²) in [6.07, 6.45) is -4.72. The van der Waals surface area contributed by atoms with E-state index in [0.29, 0.717) is 13.1 Å². The maximum Gasteiger partial charge on any atom is 0.407 e. The largest absolute Gasteiger partial charge is 0.407 e. The van der Waals surface area contributed by atoms with Crippen molar-refractivity contribution in [2.45, 2.75) is 6.18 Å². The number of hydrogen-bond donors (Lipinski definition) is 0. The number of hydrogen-bond acceptors (Lipinski definition) is 2. The molecule has 0 aliphatic carbocycles. The van der Waals surface area contributed by atoms with Gasteiger partial charge in [0.2, 0.25) is 0 Å². The van der Waals surface area contributed by atoms with Gasteiger partial charge < -0.3 is 9.80 Å². The second kappa shape index (κ2) is 8.40. The van der Waals surface area contributed by atoms with Crippen LogP contribution in [0, 0.1) is 12.4 Å². The number of carbonyl (C=O) groups excluding carboxylic acids is 1. The third-order valence-corrected chi connectivity index (χ3v) is 4.17. The topological polar surface area (TPSA) is 27.9 Å². The molecule has 0 saturated heterocycles. The molecule has 0 N–H and O–H groups in total. The normalized spacial score (nSPS) is 11.4. The molecule has 2 aromatic rings. The van der Waals surface area contributed by atoms with Gasteiger partial charge in [-0.05, 0) is 37.4 Å². The van der Waals surface area contributed by atoms with Crippen molar-refractivity contribution in [2.24, 2.45) is 0 Å². The van der Waals surface area contributed by atoms with E-state index in [-0.39, 0.29) is 16.7 Å². The van der Waals surface area contributed by atoms with Gasteiger partial charge in [-0.2, -0.15) is 13.2 Å². The van der Waals surface area contributed by atoms with Gasteiger partial charge in [0.1, 0.15) is 5.82 Å². The summed E-state index contributed by atoms with van der Waals surface area (Å²) in [5.41, 5.74) is -1.41. The molecule has 2 aromatic carbocycles. The molecule has 0 bridgehead atoms. The van der Waals surface area contributed by atoms with Crippen molar-refractivity contribution in [3.05, 3.63) is 64.8 Å². The standard InChI is InChI=1S/C20H19F4N3O/c1-25-18-8-5-13(11-17(18)20(22,23)24)15-7-6-14(21)12-16(15)19(28)27(4)10-9-26(2)3/h5-8,11-12H,9-10H2,2-4H3. The Balaban J connectivity index is 2.53. The first-order valence-corrected chi connectivity index (χ1v) is 8.33. The van der Waals surface area contributed by atoms with Crippen LogP contribution in [0.5, 0.6) is 0 Å². The average molecular weight is 393 g/mol. The summed E-state index contributed by atoms with van der Waals surface area (Å²) in [6.45, 7) is 7.87. The zero-order valence-corrected chi connectivity index (χ0v) is 15.6. The fraction of sp³-hybridized carbons (Fsp3) is 0.300. The van der Waals surface area contributed by atoms with Crippen LogP contribution in [-0.4, -0.2) is 49.9 Å². The molecular formula is C20H19F4N3O. The van der Waals surface area contributed by atoms with Gasteiger partial charge in [0.05, 0.1) is 17.7 Å². The molecule has 0 aliphatic rings. The SMILES string of the molecule is [C-]#[N+]c1ccc(-c2ccc(F)cc2C(=O)N(C)CCN(C)C)cc1C(F)(F)F. The van der Waals surface area contributed by atoms with E-state index in [4.69, 9.17) is 6.57 Å². The van der Waals surface area contributed by atoms with E-state index in [1.807, 2.05) is 19.0 Å². The van der Waals surface area contributed by atoms with Gasteiger partial charge in [-0.25, -0.2) is 9.24 Å². The first kappa shape index (κ1) is 21.4. The number of halogens is 4. The first-order chi connectivity index (χ1) is 13.0. The molecule has 0 saturated carbocycles. The Labute approximate surface area is 160 Å². The van der Waals surface area contributed by atoms with Crippen molar-refractivity contribution < 1.29 is 22.4 Å². The fourth-order valence-electron chi connectivity index (χ4n) is 2.63. The number of rotatable bonds is 5. The van der Waals surface area contributed by atoms with E-state index >= 15 is 0 Å². The van der Waals surface area contributed by atoms with E-state index in [2.05, 4.69) is 4.85 Å². The van der Waals surface area contributed by atoms with E-state index in [0.717, 1.165) is 24.3 Å². The molecule has 0 heterocycles. The molecule has 0 aromatic heterocycles. The first-order valence-electron chi connectivity index (χ1n) is 8.33. The Bertz CT molecular complexity index is 917. The Kier molecular flexibility index (Phi) is 6.41. The predicted molar refractivity (Wildman–Crippen MR) is 98.6 cm³/mol. The molecule has 28 heavy (non-hydrogen) atoms. The summed E-state index contributed by atoms with van der Waals surface area (Å²) < 4.78 is 53.6. The Morgan fingerprint density at radius 1 is 1.07 bits per heavy atom. The summed E-state index contributed by atoms with van der Waals surface area (Å²) in [6, 6.07) is 6.57. The third-order valence-electron chi connectivity index (χ3n) is 4.17. The van der Waals surface area contributed by atoms with Crippen molar-refractivity contribution in [2.75, 3.05) is 34.2 Å². The summed E-state index contributed by atoms with van der Waals surface area (Å²) in [4.78, 5) is 18.9. The fourth-order valence-corrected chi connectivity index (χ4v) is 2.63. The van der Waals surface area contributed by atoms with Crippen LogP contribution in [0.15, 0.2) is 36.4 Å². The third kappa shape index (κ3) is 4.87. The number of carbonyl (C=O) groups is 1. The van der Waals surface area contributed by atoms with E-state index in [9.17, 15) is 22.4 Å². The van der Waals surface area contributed by atoms with Crippen LogP contribution in [0.2, 0.25) is 0 Å². The van der Waals surface area contributed by atoms with Crippen LogP contribution in [-0.2, 0) is 6.18 Å². The minimum absolute atomic E-state index is 0.0371. The van der Waals surface area contributed by atoms with Crippen molar-refractivity contribution in [3.63, 3.8) is 0 Å². The quantitative estimate of drug-likeness (QED) is 0.544. The summed E-state index contributed by atoms with van der Waals surface area (Å²) >= 11 is 0. The van der Waals surface area contributed by atoms with Crippen LogP contribution < -0.4 is 0 Å².